The standard InChI is InChI=1S/C27H37FN2O3/c1-17(2)25(31)24(19-6-4-3-5-7-19)29-26(32)22-16-21(10-11-23(22)28)18-12-14-30(15-13-18)27(33)20-8-9-20/h10-11,16-20,24H,3-9,12-15H2,1-2H3,(H,29,32)/t24-/m1/s1. The van der Waals surface area contributed by atoms with Crippen molar-refractivity contribution in [1.82, 2.24) is 10.2 Å². The number of Topliss-reactive ketones (excluding diaryl/α,β-unsaturated/α-hetero) is 1. The molecule has 4 rings (SSSR count). The number of rotatable bonds is 7. The highest BCUT2D eigenvalue weighted by Gasteiger charge is 2.36. The Morgan fingerprint density at radius 3 is 2.24 bits per heavy atom. The number of hydrogen-bond acceptors (Lipinski definition) is 3. The highest BCUT2D eigenvalue weighted by Crippen LogP contribution is 2.35. The van der Waals surface area contributed by atoms with Crippen molar-refractivity contribution in [2.45, 2.75) is 83.6 Å². The molecular formula is C27H37FN2O3. The third kappa shape index (κ3) is 5.64. The molecule has 1 atom stereocenters. The van der Waals surface area contributed by atoms with Crippen molar-refractivity contribution in [2.24, 2.45) is 17.8 Å². The second-order valence-electron chi connectivity index (χ2n) is 10.5. The maximum absolute atomic E-state index is 14.7. The van der Waals surface area contributed by atoms with Gasteiger partial charge in [0.1, 0.15) is 5.82 Å². The molecule has 0 unspecified atom stereocenters. The maximum Gasteiger partial charge on any atom is 0.254 e. The maximum atomic E-state index is 14.7. The van der Waals surface area contributed by atoms with E-state index >= 15 is 0 Å². The molecule has 1 aromatic rings. The highest BCUT2D eigenvalue weighted by molar-refractivity contribution is 5.98. The number of halogens is 1. The molecule has 5 nitrogen and oxygen atoms in total. The summed E-state index contributed by atoms with van der Waals surface area (Å²) in [6.45, 7) is 5.13. The molecule has 2 aliphatic carbocycles. The lowest BCUT2D eigenvalue weighted by Gasteiger charge is -2.33. The first kappa shape index (κ1) is 23.9. The summed E-state index contributed by atoms with van der Waals surface area (Å²) < 4.78 is 14.7. The fourth-order valence-electron chi connectivity index (χ4n) is 5.46. The van der Waals surface area contributed by atoms with Crippen LogP contribution in [0.2, 0.25) is 0 Å². The largest absolute Gasteiger partial charge is 0.342 e. The Kier molecular flexibility index (Phi) is 7.50. The fraction of sp³-hybridized carbons (Fsp3) is 0.667. The minimum atomic E-state index is -0.558. The van der Waals surface area contributed by atoms with E-state index in [2.05, 4.69) is 5.32 Å². The molecule has 1 heterocycles. The predicted molar refractivity (Wildman–Crippen MR) is 125 cm³/mol. The minimum absolute atomic E-state index is 0.0151. The van der Waals surface area contributed by atoms with Crippen LogP contribution in [-0.2, 0) is 9.59 Å². The van der Waals surface area contributed by atoms with Gasteiger partial charge in [-0.25, -0.2) is 4.39 Å². The van der Waals surface area contributed by atoms with Crippen molar-refractivity contribution in [3.05, 3.63) is 35.1 Å². The third-order valence-electron chi connectivity index (χ3n) is 7.72. The first-order valence-electron chi connectivity index (χ1n) is 12.8. The summed E-state index contributed by atoms with van der Waals surface area (Å²) in [6.07, 6.45) is 8.79. The quantitative estimate of drug-likeness (QED) is 0.638. The van der Waals surface area contributed by atoms with Gasteiger partial charge in [0.15, 0.2) is 5.78 Å². The van der Waals surface area contributed by atoms with Crippen LogP contribution in [0.15, 0.2) is 18.2 Å². The Hall–Kier alpha value is -2.24. The third-order valence-corrected chi connectivity index (χ3v) is 7.72. The average Bonchev–Trinajstić information content (AvgIpc) is 3.68. The van der Waals surface area contributed by atoms with Gasteiger partial charge in [-0.1, -0.05) is 39.2 Å². The lowest BCUT2D eigenvalue weighted by atomic mass is 9.80. The fourth-order valence-corrected chi connectivity index (χ4v) is 5.46. The van der Waals surface area contributed by atoms with Gasteiger partial charge in [0.2, 0.25) is 5.91 Å². The minimum Gasteiger partial charge on any atom is -0.342 e. The van der Waals surface area contributed by atoms with Crippen LogP contribution >= 0.6 is 0 Å². The molecule has 33 heavy (non-hydrogen) atoms. The van der Waals surface area contributed by atoms with Gasteiger partial charge in [-0.15, -0.1) is 0 Å². The molecular weight excluding hydrogens is 419 g/mol. The zero-order valence-electron chi connectivity index (χ0n) is 19.9. The van der Waals surface area contributed by atoms with Gasteiger partial charge in [-0.05, 0) is 68.1 Å². The molecule has 1 saturated heterocycles. The molecule has 3 fully saturated rings. The lowest BCUT2D eigenvalue weighted by Crippen LogP contribution is -2.48. The number of benzene rings is 1. The van der Waals surface area contributed by atoms with E-state index in [0.29, 0.717) is 13.1 Å². The van der Waals surface area contributed by atoms with Crippen molar-refractivity contribution in [3.63, 3.8) is 0 Å². The Labute approximate surface area is 196 Å². The second kappa shape index (κ2) is 10.4. The van der Waals surface area contributed by atoms with Crippen LogP contribution in [-0.4, -0.2) is 41.6 Å². The van der Waals surface area contributed by atoms with Gasteiger partial charge in [0.25, 0.3) is 5.91 Å². The Morgan fingerprint density at radius 2 is 1.64 bits per heavy atom. The second-order valence-corrected chi connectivity index (χ2v) is 10.5. The van der Waals surface area contributed by atoms with Crippen LogP contribution in [0.1, 0.15) is 93.5 Å². The molecule has 3 aliphatic rings. The molecule has 180 valence electrons. The zero-order chi connectivity index (χ0) is 23.5. The first-order chi connectivity index (χ1) is 15.8. The van der Waals surface area contributed by atoms with E-state index in [0.717, 1.165) is 63.4 Å². The van der Waals surface area contributed by atoms with E-state index in [1.807, 2.05) is 18.7 Å². The number of hydrogen-bond donors (Lipinski definition) is 1. The zero-order valence-corrected chi connectivity index (χ0v) is 19.9. The van der Waals surface area contributed by atoms with Crippen LogP contribution in [0.4, 0.5) is 4.39 Å². The molecule has 1 N–H and O–H groups in total. The van der Waals surface area contributed by atoms with Gasteiger partial charge in [0, 0.05) is 24.9 Å². The van der Waals surface area contributed by atoms with E-state index in [4.69, 9.17) is 0 Å². The van der Waals surface area contributed by atoms with Crippen LogP contribution in [0.3, 0.4) is 0 Å². The molecule has 6 heteroatoms. The number of nitrogens with one attached hydrogen (secondary N) is 1. The molecule has 0 bridgehead atoms. The number of likely N-dealkylation sites (tertiary alicyclic amines) is 1. The van der Waals surface area contributed by atoms with E-state index in [1.54, 1.807) is 12.1 Å². The average molecular weight is 457 g/mol. The molecule has 1 aliphatic heterocycles. The van der Waals surface area contributed by atoms with Crippen molar-refractivity contribution >= 4 is 17.6 Å². The smallest absolute Gasteiger partial charge is 0.254 e. The summed E-state index contributed by atoms with van der Waals surface area (Å²) in [5, 5.41) is 2.92. The van der Waals surface area contributed by atoms with Crippen molar-refractivity contribution in [3.8, 4) is 0 Å². The van der Waals surface area contributed by atoms with Crippen LogP contribution in [0.25, 0.3) is 0 Å². The number of ketones is 1. The first-order valence-corrected chi connectivity index (χ1v) is 12.8. The Bertz CT molecular complexity index is 881. The summed E-state index contributed by atoms with van der Waals surface area (Å²) in [5.41, 5.74) is 0.950. The molecule has 0 radical (unpaired) electrons. The van der Waals surface area contributed by atoms with Gasteiger partial charge in [-0.2, -0.15) is 0 Å². The van der Waals surface area contributed by atoms with Crippen LogP contribution in [0, 0.1) is 23.6 Å². The Morgan fingerprint density at radius 1 is 0.970 bits per heavy atom. The highest BCUT2D eigenvalue weighted by atomic mass is 19.1. The van der Waals surface area contributed by atoms with Gasteiger partial charge in [-0.3, -0.25) is 14.4 Å². The van der Waals surface area contributed by atoms with E-state index in [1.165, 1.54) is 6.07 Å². The number of piperidine rings is 1. The van der Waals surface area contributed by atoms with Crippen molar-refractivity contribution in [1.29, 1.82) is 0 Å². The number of carbonyl (C=O) groups excluding carboxylic acids is 3. The van der Waals surface area contributed by atoms with Crippen LogP contribution in [0.5, 0.6) is 0 Å². The Balaban J connectivity index is 1.45. The van der Waals surface area contributed by atoms with E-state index in [-0.39, 0.29) is 40.9 Å². The summed E-state index contributed by atoms with van der Waals surface area (Å²) in [7, 11) is 0. The van der Waals surface area contributed by atoms with E-state index in [9.17, 15) is 18.8 Å². The number of carbonyl (C=O) groups is 3. The molecule has 0 spiro atoms. The van der Waals surface area contributed by atoms with Crippen molar-refractivity contribution in [2.75, 3.05) is 13.1 Å². The van der Waals surface area contributed by atoms with Gasteiger partial charge >= 0.3 is 0 Å². The predicted octanol–water partition coefficient (Wildman–Crippen LogP) is 4.85. The van der Waals surface area contributed by atoms with E-state index < -0.39 is 17.8 Å². The summed E-state index contributed by atoms with van der Waals surface area (Å²) >= 11 is 0. The summed E-state index contributed by atoms with van der Waals surface area (Å²) in [5.74, 6) is -0.387. The number of amides is 2. The summed E-state index contributed by atoms with van der Waals surface area (Å²) in [4.78, 5) is 40.3. The topological polar surface area (TPSA) is 66.5 Å². The molecule has 1 aromatic carbocycles. The molecule has 2 amide bonds. The number of nitrogens with zero attached hydrogens (tertiary/aromatic N) is 1. The van der Waals surface area contributed by atoms with Gasteiger partial charge < -0.3 is 10.2 Å². The van der Waals surface area contributed by atoms with Crippen LogP contribution < -0.4 is 5.32 Å². The van der Waals surface area contributed by atoms with Crippen molar-refractivity contribution < 1.29 is 18.8 Å². The SMILES string of the molecule is CC(C)C(=O)[C@H](NC(=O)c1cc(C2CCN(C(=O)C3CC3)CC2)ccc1F)C1CCCCC1. The summed E-state index contributed by atoms with van der Waals surface area (Å²) in [6, 6.07) is 4.22. The molecule has 0 aromatic heterocycles. The monoisotopic (exact) mass is 456 g/mol. The normalized spacial score (nSPS) is 21.2. The van der Waals surface area contributed by atoms with Gasteiger partial charge in [0.05, 0.1) is 11.6 Å². The lowest BCUT2D eigenvalue weighted by molar-refractivity contribution is -0.133. The molecule has 2 saturated carbocycles.